The van der Waals surface area contributed by atoms with Crippen molar-refractivity contribution in [1.29, 1.82) is 0 Å². The van der Waals surface area contributed by atoms with E-state index in [4.69, 9.17) is 10.7 Å². The molecule has 1 aromatic carbocycles. The molecule has 2 saturated heterocycles. The Morgan fingerprint density at radius 3 is 2.38 bits per heavy atom. The third-order valence-electron chi connectivity index (χ3n) is 8.93. The number of anilines is 3. The highest BCUT2D eigenvalue weighted by molar-refractivity contribution is 5.96. The van der Waals surface area contributed by atoms with Crippen molar-refractivity contribution in [1.82, 2.24) is 19.8 Å². The second-order valence-corrected chi connectivity index (χ2v) is 11.7. The minimum absolute atomic E-state index is 0.160. The fourth-order valence-electron chi connectivity index (χ4n) is 6.47. The molecule has 5 N–H and O–H groups in total. The molecule has 2 aliphatic heterocycles. The van der Waals surface area contributed by atoms with Crippen LogP contribution in [-0.4, -0.2) is 82.2 Å². The minimum Gasteiger partial charge on any atom is -0.393 e. The summed E-state index contributed by atoms with van der Waals surface area (Å²) < 4.78 is 0. The van der Waals surface area contributed by atoms with E-state index in [0.29, 0.717) is 24.0 Å². The minimum atomic E-state index is -0.593. The first-order chi connectivity index (χ1) is 18.9. The zero-order chi connectivity index (χ0) is 27.4. The predicted octanol–water partition coefficient (Wildman–Crippen LogP) is 3.87. The van der Waals surface area contributed by atoms with E-state index in [-0.39, 0.29) is 17.8 Å². The second kappa shape index (κ2) is 12.6. The number of rotatable bonds is 8. The third kappa shape index (κ3) is 6.88. The fourth-order valence-corrected chi connectivity index (χ4v) is 6.47. The standard InChI is InChI=1S/C30H45N7O2/c1-3-26-29(32-22-7-9-25(38)10-8-22)35-30(27(34-26)28(31)39)33-23-6-4-5-21(19-23)20-11-17-37(18-12-20)24-13-15-36(2)16-14-24/h4-6,19-20,22,24-25,38H,3,7-18H2,1-2H3,(H2,31,39)(H2,32,33,35). The molecule has 0 spiro atoms. The molecular weight excluding hydrogens is 490 g/mol. The molecule has 3 aliphatic rings. The summed E-state index contributed by atoms with van der Waals surface area (Å²) in [4.78, 5) is 26.9. The van der Waals surface area contributed by atoms with Crippen LogP contribution in [-0.2, 0) is 6.42 Å². The summed E-state index contributed by atoms with van der Waals surface area (Å²) in [6.07, 6.45) is 8.62. The molecule has 0 unspecified atom stereocenters. The summed E-state index contributed by atoms with van der Waals surface area (Å²) >= 11 is 0. The van der Waals surface area contributed by atoms with Crippen LogP contribution in [0.5, 0.6) is 0 Å². The molecule has 2 aromatic rings. The maximum absolute atomic E-state index is 12.3. The lowest BCUT2D eigenvalue weighted by atomic mass is 9.88. The summed E-state index contributed by atoms with van der Waals surface area (Å²) in [5.74, 6) is 0.998. The lowest BCUT2D eigenvalue weighted by Crippen LogP contribution is -2.46. The van der Waals surface area contributed by atoms with Gasteiger partial charge in [-0.3, -0.25) is 4.79 Å². The molecule has 5 rings (SSSR count). The first-order valence-corrected chi connectivity index (χ1v) is 14.8. The zero-order valence-electron chi connectivity index (χ0n) is 23.5. The Morgan fingerprint density at radius 1 is 1.00 bits per heavy atom. The molecule has 9 heteroatoms. The number of nitrogens with zero attached hydrogens (tertiary/aromatic N) is 4. The van der Waals surface area contributed by atoms with Crippen LogP contribution in [0, 0.1) is 0 Å². The summed E-state index contributed by atoms with van der Waals surface area (Å²) in [6, 6.07) is 9.44. The highest BCUT2D eigenvalue weighted by Crippen LogP contribution is 2.33. The van der Waals surface area contributed by atoms with Crippen LogP contribution in [0.4, 0.5) is 17.3 Å². The number of piperidine rings is 2. The number of aryl methyl sites for hydroxylation is 1. The molecule has 9 nitrogen and oxygen atoms in total. The van der Waals surface area contributed by atoms with Crippen molar-refractivity contribution in [2.45, 2.75) is 88.8 Å². The Kier molecular flexibility index (Phi) is 8.99. The topological polar surface area (TPSA) is 120 Å². The molecule has 1 aliphatic carbocycles. The van der Waals surface area contributed by atoms with Crippen LogP contribution in [0.3, 0.4) is 0 Å². The number of hydrogen-bond donors (Lipinski definition) is 4. The zero-order valence-corrected chi connectivity index (χ0v) is 23.5. The SMILES string of the molecule is CCc1nc(C(N)=O)c(Nc2cccc(C3CCN(C4CCN(C)CC4)CC3)c2)nc1NC1CCC(O)CC1. The predicted molar refractivity (Wildman–Crippen MR) is 156 cm³/mol. The van der Waals surface area contributed by atoms with E-state index in [2.05, 4.69) is 50.7 Å². The molecule has 1 saturated carbocycles. The van der Waals surface area contributed by atoms with Gasteiger partial charge in [0.05, 0.1) is 11.8 Å². The van der Waals surface area contributed by atoms with Crippen molar-refractivity contribution < 1.29 is 9.90 Å². The third-order valence-corrected chi connectivity index (χ3v) is 8.93. The van der Waals surface area contributed by atoms with Gasteiger partial charge in [0, 0.05) is 17.8 Å². The van der Waals surface area contributed by atoms with E-state index in [0.717, 1.165) is 69.0 Å². The van der Waals surface area contributed by atoms with Gasteiger partial charge in [-0.1, -0.05) is 19.1 Å². The van der Waals surface area contributed by atoms with Crippen molar-refractivity contribution in [2.24, 2.45) is 5.73 Å². The van der Waals surface area contributed by atoms with Crippen molar-refractivity contribution >= 4 is 23.2 Å². The van der Waals surface area contributed by atoms with E-state index < -0.39 is 5.91 Å². The average molecular weight is 536 g/mol. The first kappa shape index (κ1) is 27.8. The van der Waals surface area contributed by atoms with E-state index in [1.54, 1.807) is 0 Å². The molecule has 39 heavy (non-hydrogen) atoms. The van der Waals surface area contributed by atoms with Gasteiger partial charge in [-0.2, -0.15) is 0 Å². The first-order valence-electron chi connectivity index (χ1n) is 14.8. The smallest absolute Gasteiger partial charge is 0.271 e. The van der Waals surface area contributed by atoms with Gasteiger partial charge in [-0.05, 0) is 115 Å². The van der Waals surface area contributed by atoms with Crippen LogP contribution in [0.1, 0.15) is 86.0 Å². The van der Waals surface area contributed by atoms with E-state index in [1.165, 1.54) is 31.5 Å². The number of carbonyl (C=O) groups is 1. The second-order valence-electron chi connectivity index (χ2n) is 11.7. The number of primary amides is 1. The van der Waals surface area contributed by atoms with Crippen molar-refractivity contribution in [3.8, 4) is 0 Å². The van der Waals surface area contributed by atoms with Crippen LogP contribution in [0.25, 0.3) is 0 Å². The monoisotopic (exact) mass is 535 g/mol. The summed E-state index contributed by atoms with van der Waals surface area (Å²) in [6.45, 7) is 6.71. The number of hydrogen-bond acceptors (Lipinski definition) is 8. The Morgan fingerprint density at radius 2 is 1.72 bits per heavy atom. The molecular formula is C30H45N7O2. The number of aliphatic hydroxyl groups is 1. The molecule has 1 aromatic heterocycles. The van der Waals surface area contributed by atoms with Gasteiger partial charge in [-0.15, -0.1) is 0 Å². The van der Waals surface area contributed by atoms with Gasteiger partial charge in [0.25, 0.3) is 5.91 Å². The summed E-state index contributed by atoms with van der Waals surface area (Å²) in [5.41, 5.74) is 8.83. The van der Waals surface area contributed by atoms with Gasteiger partial charge in [-0.25, -0.2) is 9.97 Å². The highest BCUT2D eigenvalue weighted by atomic mass is 16.3. The normalized spacial score (nSPS) is 24.0. The number of nitrogens with two attached hydrogens (primary N) is 1. The Balaban J connectivity index is 1.28. The van der Waals surface area contributed by atoms with Gasteiger partial charge >= 0.3 is 0 Å². The number of aromatic nitrogens is 2. The lowest BCUT2D eigenvalue weighted by molar-refractivity contribution is 0.0966. The number of carbonyl (C=O) groups excluding carboxylic acids is 1. The van der Waals surface area contributed by atoms with Crippen LogP contribution < -0.4 is 16.4 Å². The van der Waals surface area contributed by atoms with Crippen molar-refractivity contribution in [2.75, 3.05) is 43.9 Å². The van der Waals surface area contributed by atoms with Gasteiger partial charge in [0.1, 0.15) is 5.82 Å². The van der Waals surface area contributed by atoms with Gasteiger partial charge < -0.3 is 31.3 Å². The molecule has 0 radical (unpaired) electrons. The molecule has 3 fully saturated rings. The number of nitrogens with one attached hydrogen (secondary N) is 2. The number of amides is 1. The molecule has 3 heterocycles. The number of benzene rings is 1. The fraction of sp³-hybridized carbons (Fsp3) is 0.633. The maximum atomic E-state index is 12.3. The van der Waals surface area contributed by atoms with Crippen molar-refractivity contribution in [3.05, 3.63) is 41.2 Å². The van der Waals surface area contributed by atoms with Crippen LogP contribution in [0.15, 0.2) is 24.3 Å². The van der Waals surface area contributed by atoms with Crippen molar-refractivity contribution in [3.63, 3.8) is 0 Å². The molecule has 0 bridgehead atoms. The summed E-state index contributed by atoms with van der Waals surface area (Å²) in [7, 11) is 2.22. The average Bonchev–Trinajstić information content (AvgIpc) is 2.95. The Hall–Kier alpha value is -2.75. The number of aliphatic hydroxyl groups excluding tert-OH is 1. The Bertz CT molecular complexity index is 1120. The largest absolute Gasteiger partial charge is 0.393 e. The maximum Gasteiger partial charge on any atom is 0.271 e. The van der Waals surface area contributed by atoms with E-state index >= 15 is 0 Å². The Labute approximate surface area is 232 Å². The molecule has 0 atom stereocenters. The van der Waals surface area contributed by atoms with E-state index in [9.17, 15) is 9.90 Å². The van der Waals surface area contributed by atoms with Crippen LogP contribution >= 0.6 is 0 Å². The quantitative estimate of drug-likeness (QED) is 0.402. The molecule has 212 valence electrons. The van der Waals surface area contributed by atoms with Gasteiger partial charge in [0.15, 0.2) is 11.5 Å². The van der Waals surface area contributed by atoms with Gasteiger partial charge in [0.2, 0.25) is 0 Å². The highest BCUT2D eigenvalue weighted by Gasteiger charge is 2.28. The van der Waals surface area contributed by atoms with E-state index in [1.807, 2.05) is 13.0 Å². The molecule has 1 amide bonds. The number of likely N-dealkylation sites (tertiary alicyclic amines) is 2. The van der Waals surface area contributed by atoms with Crippen LogP contribution in [0.2, 0.25) is 0 Å². The summed E-state index contributed by atoms with van der Waals surface area (Å²) in [5, 5.41) is 16.8. The lowest BCUT2D eigenvalue weighted by Gasteiger charge is -2.41.